The summed E-state index contributed by atoms with van der Waals surface area (Å²) < 4.78 is 1.86. The van der Waals surface area contributed by atoms with Gasteiger partial charge in [0, 0.05) is 5.41 Å². The fourth-order valence-electron chi connectivity index (χ4n) is 2.88. The minimum atomic E-state index is -0.927. The number of aromatic nitrogens is 3. The highest BCUT2D eigenvalue weighted by molar-refractivity contribution is 7.80. The topological polar surface area (TPSA) is 68.0 Å². The molecule has 0 fully saturated rings. The van der Waals surface area contributed by atoms with Crippen LogP contribution in [0.1, 0.15) is 42.5 Å². The summed E-state index contributed by atoms with van der Waals surface area (Å²) in [5, 5.41) is 14.2. The summed E-state index contributed by atoms with van der Waals surface area (Å²) in [5.74, 6) is -0.0498. The first-order valence-electron chi connectivity index (χ1n) is 8.31. The maximum atomic E-state index is 11.4. The smallest absolute Gasteiger partial charge is 0.336 e. The van der Waals surface area contributed by atoms with E-state index in [2.05, 4.69) is 43.5 Å². The molecule has 0 amide bonds. The molecule has 0 atom stereocenters. The Morgan fingerprint density at radius 2 is 1.77 bits per heavy atom. The molecule has 0 aliphatic rings. The van der Waals surface area contributed by atoms with Crippen LogP contribution in [0.5, 0.6) is 0 Å². The Balaban J connectivity index is 1.90. The molecule has 0 aliphatic carbocycles. The molecule has 1 N–H and O–H groups in total. The summed E-state index contributed by atoms with van der Waals surface area (Å²) in [6.07, 6.45) is 0. The molecule has 3 rings (SSSR count). The van der Waals surface area contributed by atoms with Crippen molar-refractivity contribution in [2.24, 2.45) is 0 Å². The maximum Gasteiger partial charge on any atom is 0.336 e. The Labute approximate surface area is 158 Å². The van der Waals surface area contributed by atoms with E-state index in [4.69, 9.17) is 0 Å². The Bertz CT molecular complexity index is 940. The molecule has 6 heteroatoms. The molecule has 0 radical (unpaired) electrons. The molecule has 0 spiro atoms. The van der Waals surface area contributed by atoms with Gasteiger partial charge in [0.05, 0.1) is 12.1 Å². The lowest BCUT2D eigenvalue weighted by Crippen LogP contribution is -2.20. The Hall–Kier alpha value is -2.60. The predicted octanol–water partition coefficient (Wildman–Crippen LogP) is 4.28. The summed E-state index contributed by atoms with van der Waals surface area (Å²) in [5.41, 5.74) is 2.81. The molecular weight excluding hydrogens is 346 g/mol. The number of hydrogen-bond acceptors (Lipinski definition) is 4. The first-order chi connectivity index (χ1) is 12.3. The molecule has 0 aliphatic heterocycles. The first kappa shape index (κ1) is 18.2. The van der Waals surface area contributed by atoms with Crippen LogP contribution >= 0.6 is 12.6 Å². The van der Waals surface area contributed by atoms with E-state index in [-0.39, 0.29) is 5.41 Å². The number of benzene rings is 2. The second-order valence-corrected chi connectivity index (χ2v) is 7.59. The fraction of sp³-hybridized carbons (Fsp3) is 0.250. The van der Waals surface area contributed by atoms with Gasteiger partial charge in [-0.25, -0.2) is 14.5 Å². The van der Waals surface area contributed by atoms with Crippen molar-refractivity contribution >= 4 is 18.6 Å². The van der Waals surface area contributed by atoms with Crippen molar-refractivity contribution < 1.29 is 9.90 Å². The van der Waals surface area contributed by atoms with E-state index >= 15 is 0 Å². The van der Waals surface area contributed by atoms with Gasteiger partial charge in [0.1, 0.15) is 5.82 Å². The predicted molar refractivity (Wildman–Crippen MR) is 104 cm³/mol. The van der Waals surface area contributed by atoms with E-state index in [9.17, 15) is 9.90 Å². The number of aromatic carboxylic acids is 1. The molecule has 0 saturated carbocycles. The SMILES string of the molecule is CC(C)(C)c1nc(S)nn1Cc1ccc(-c2ccccc2C(=O)O)cc1. The Kier molecular flexibility index (Phi) is 4.87. The first-order valence-corrected chi connectivity index (χ1v) is 8.76. The maximum absolute atomic E-state index is 11.4. The van der Waals surface area contributed by atoms with Gasteiger partial charge in [0.25, 0.3) is 0 Å². The number of hydrogen-bond donors (Lipinski definition) is 2. The third kappa shape index (κ3) is 3.80. The van der Waals surface area contributed by atoms with E-state index in [0.717, 1.165) is 17.0 Å². The normalized spacial score (nSPS) is 11.5. The van der Waals surface area contributed by atoms with Gasteiger partial charge < -0.3 is 5.11 Å². The summed E-state index contributed by atoms with van der Waals surface area (Å²) >= 11 is 4.27. The van der Waals surface area contributed by atoms with Crippen LogP contribution < -0.4 is 0 Å². The minimum Gasteiger partial charge on any atom is -0.478 e. The van der Waals surface area contributed by atoms with Crippen molar-refractivity contribution in [1.82, 2.24) is 14.8 Å². The second kappa shape index (κ2) is 6.96. The van der Waals surface area contributed by atoms with Crippen LogP contribution in [0.25, 0.3) is 11.1 Å². The molecule has 0 bridgehead atoms. The van der Waals surface area contributed by atoms with Gasteiger partial charge in [-0.1, -0.05) is 63.2 Å². The number of nitrogens with zero attached hydrogens (tertiary/aromatic N) is 3. The molecule has 1 heterocycles. The van der Waals surface area contributed by atoms with Crippen LogP contribution in [0.2, 0.25) is 0 Å². The van der Waals surface area contributed by atoms with Gasteiger partial charge in [-0.3, -0.25) is 0 Å². The van der Waals surface area contributed by atoms with Crippen LogP contribution in [0.4, 0.5) is 0 Å². The number of rotatable bonds is 4. The molecule has 134 valence electrons. The third-order valence-electron chi connectivity index (χ3n) is 4.09. The number of carbonyl (C=O) groups is 1. The van der Waals surface area contributed by atoms with E-state index in [1.54, 1.807) is 12.1 Å². The lowest BCUT2D eigenvalue weighted by molar-refractivity contribution is 0.0697. The van der Waals surface area contributed by atoms with Crippen molar-refractivity contribution in [3.63, 3.8) is 0 Å². The average molecular weight is 367 g/mol. The van der Waals surface area contributed by atoms with E-state index < -0.39 is 5.97 Å². The van der Waals surface area contributed by atoms with Crippen LogP contribution in [0.3, 0.4) is 0 Å². The number of carboxylic acid groups (broad SMARTS) is 1. The lowest BCUT2D eigenvalue weighted by Gasteiger charge is -2.18. The molecule has 0 unspecified atom stereocenters. The summed E-state index contributed by atoms with van der Waals surface area (Å²) in [6, 6.07) is 14.9. The number of carboxylic acids is 1. The van der Waals surface area contributed by atoms with Gasteiger partial charge in [0.15, 0.2) is 0 Å². The molecule has 26 heavy (non-hydrogen) atoms. The Morgan fingerprint density at radius 1 is 1.12 bits per heavy atom. The van der Waals surface area contributed by atoms with Crippen molar-refractivity contribution in [3.8, 4) is 11.1 Å². The highest BCUT2D eigenvalue weighted by atomic mass is 32.1. The molecule has 3 aromatic rings. The van der Waals surface area contributed by atoms with Gasteiger partial charge in [-0.05, 0) is 22.8 Å². The molecule has 1 aromatic heterocycles. The quantitative estimate of drug-likeness (QED) is 0.676. The van der Waals surface area contributed by atoms with Gasteiger partial charge in [0.2, 0.25) is 5.16 Å². The van der Waals surface area contributed by atoms with Crippen molar-refractivity contribution in [3.05, 3.63) is 65.5 Å². The second-order valence-electron chi connectivity index (χ2n) is 7.19. The monoisotopic (exact) mass is 367 g/mol. The van der Waals surface area contributed by atoms with Crippen LogP contribution in [-0.4, -0.2) is 25.8 Å². The highest BCUT2D eigenvalue weighted by Gasteiger charge is 2.22. The van der Waals surface area contributed by atoms with Crippen molar-refractivity contribution in [2.45, 2.75) is 37.9 Å². The fourth-order valence-corrected chi connectivity index (χ4v) is 3.08. The van der Waals surface area contributed by atoms with Gasteiger partial charge in [-0.2, -0.15) is 0 Å². The highest BCUT2D eigenvalue weighted by Crippen LogP contribution is 2.25. The zero-order chi connectivity index (χ0) is 18.9. The largest absolute Gasteiger partial charge is 0.478 e. The molecular formula is C20H21N3O2S. The lowest BCUT2D eigenvalue weighted by atomic mass is 9.95. The van der Waals surface area contributed by atoms with Gasteiger partial charge >= 0.3 is 5.97 Å². The van der Waals surface area contributed by atoms with Crippen molar-refractivity contribution in [1.29, 1.82) is 0 Å². The summed E-state index contributed by atoms with van der Waals surface area (Å²) in [4.78, 5) is 15.8. The van der Waals surface area contributed by atoms with Gasteiger partial charge in [-0.15, -0.1) is 17.7 Å². The Morgan fingerprint density at radius 3 is 2.38 bits per heavy atom. The average Bonchev–Trinajstić information content (AvgIpc) is 2.96. The van der Waals surface area contributed by atoms with E-state index in [1.165, 1.54) is 0 Å². The van der Waals surface area contributed by atoms with E-state index in [1.807, 2.05) is 41.1 Å². The summed E-state index contributed by atoms with van der Waals surface area (Å²) in [7, 11) is 0. The molecule has 2 aromatic carbocycles. The molecule has 5 nitrogen and oxygen atoms in total. The minimum absolute atomic E-state index is 0.131. The van der Waals surface area contributed by atoms with Crippen LogP contribution in [-0.2, 0) is 12.0 Å². The number of thiol groups is 1. The van der Waals surface area contributed by atoms with Crippen LogP contribution in [0.15, 0.2) is 53.7 Å². The molecule has 0 saturated heterocycles. The zero-order valence-corrected chi connectivity index (χ0v) is 15.9. The van der Waals surface area contributed by atoms with Crippen LogP contribution in [0, 0.1) is 0 Å². The van der Waals surface area contributed by atoms with E-state index in [0.29, 0.717) is 22.8 Å². The summed E-state index contributed by atoms with van der Waals surface area (Å²) in [6.45, 7) is 6.85. The van der Waals surface area contributed by atoms with Crippen molar-refractivity contribution in [2.75, 3.05) is 0 Å². The standard InChI is InChI=1S/C20H21N3O2S/c1-20(2,3)18-21-19(26)22-23(18)12-13-8-10-14(11-9-13)15-6-4-5-7-16(15)17(24)25/h4-11H,12H2,1-3H3,(H,22,26)(H,24,25). The third-order valence-corrected chi connectivity index (χ3v) is 4.28. The zero-order valence-electron chi connectivity index (χ0n) is 15.0.